The Morgan fingerprint density at radius 3 is 2.00 bits per heavy atom. The summed E-state index contributed by atoms with van der Waals surface area (Å²) in [5, 5.41) is 10.9. The highest BCUT2D eigenvalue weighted by Crippen LogP contribution is 2.43. The lowest BCUT2D eigenvalue weighted by Gasteiger charge is -2.45. The molecule has 0 radical (unpaired) electrons. The van der Waals surface area contributed by atoms with Gasteiger partial charge in [-0.2, -0.15) is 0 Å². The minimum atomic E-state index is -2.05. The highest BCUT2D eigenvalue weighted by Gasteiger charge is 2.46. The molecule has 0 heterocycles. The van der Waals surface area contributed by atoms with Gasteiger partial charge in [-0.3, -0.25) is 0 Å². The summed E-state index contributed by atoms with van der Waals surface area (Å²) in [6.45, 7) is 20.9. The standard InChI is InChI=1S/C27H48O4Si/c1-10-11-23(8)27(28)18-26(31-32(20(2)3,21(4)5)22(6)7)16-17-30-19-24-12-14-25(29-9)15-13-24/h10,12-15,20-23,26-28H,1,11,16-19H2,2-9H3/t23-,26-,27+/m0/s1. The maximum Gasteiger partial charge on any atom is 0.200 e. The fourth-order valence-electron chi connectivity index (χ4n) is 4.97. The molecule has 0 fully saturated rings. The van der Waals surface area contributed by atoms with Crippen LogP contribution in [0.15, 0.2) is 36.9 Å². The van der Waals surface area contributed by atoms with E-state index in [-0.39, 0.29) is 12.0 Å². The Hall–Kier alpha value is -1.14. The van der Waals surface area contributed by atoms with Gasteiger partial charge in [0.25, 0.3) is 0 Å². The molecule has 0 unspecified atom stereocenters. The summed E-state index contributed by atoms with van der Waals surface area (Å²) in [4.78, 5) is 0. The van der Waals surface area contributed by atoms with Crippen LogP contribution in [-0.4, -0.2) is 39.3 Å². The average molecular weight is 465 g/mol. The normalized spacial score (nSPS) is 15.2. The van der Waals surface area contributed by atoms with Crippen LogP contribution in [-0.2, 0) is 15.8 Å². The van der Waals surface area contributed by atoms with Crippen LogP contribution in [0.1, 0.15) is 73.3 Å². The van der Waals surface area contributed by atoms with Crippen molar-refractivity contribution in [3.8, 4) is 5.75 Å². The van der Waals surface area contributed by atoms with E-state index in [9.17, 15) is 5.11 Å². The van der Waals surface area contributed by atoms with Gasteiger partial charge in [0.2, 0.25) is 8.32 Å². The van der Waals surface area contributed by atoms with Gasteiger partial charge in [0.05, 0.1) is 19.8 Å². The lowest BCUT2D eigenvalue weighted by atomic mass is 9.95. The van der Waals surface area contributed by atoms with Gasteiger partial charge >= 0.3 is 0 Å². The highest BCUT2D eigenvalue weighted by molar-refractivity contribution is 6.77. The minimum absolute atomic E-state index is 0.00741. The second-order valence-electron chi connectivity index (χ2n) is 10.1. The van der Waals surface area contributed by atoms with E-state index in [1.807, 2.05) is 30.3 Å². The highest BCUT2D eigenvalue weighted by atomic mass is 28.4. The first-order chi connectivity index (χ1) is 15.1. The van der Waals surface area contributed by atoms with E-state index in [2.05, 4.69) is 55.0 Å². The molecule has 0 aliphatic rings. The molecule has 3 atom stereocenters. The summed E-state index contributed by atoms with van der Waals surface area (Å²) in [7, 11) is -0.375. The predicted octanol–water partition coefficient (Wildman–Crippen LogP) is 7.13. The van der Waals surface area contributed by atoms with Crippen LogP contribution in [0, 0.1) is 5.92 Å². The van der Waals surface area contributed by atoms with Gasteiger partial charge in [0.15, 0.2) is 0 Å². The number of hydrogen-bond donors (Lipinski definition) is 1. The lowest BCUT2D eigenvalue weighted by Crippen LogP contribution is -2.51. The number of allylic oxidation sites excluding steroid dienone is 1. The molecule has 0 saturated carbocycles. The first-order valence-electron chi connectivity index (χ1n) is 12.3. The number of benzene rings is 1. The van der Waals surface area contributed by atoms with Crippen molar-refractivity contribution < 1.29 is 19.0 Å². The van der Waals surface area contributed by atoms with E-state index in [4.69, 9.17) is 13.9 Å². The fourth-order valence-corrected chi connectivity index (χ4v) is 10.6. The first kappa shape index (κ1) is 28.9. The van der Waals surface area contributed by atoms with E-state index < -0.39 is 14.4 Å². The Morgan fingerprint density at radius 2 is 1.53 bits per heavy atom. The zero-order chi connectivity index (χ0) is 24.3. The Kier molecular flexibility index (Phi) is 12.8. The third-order valence-corrected chi connectivity index (χ3v) is 12.9. The third kappa shape index (κ3) is 8.33. The third-order valence-electron chi connectivity index (χ3n) is 6.79. The zero-order valence-corrected chi connectivity index (χ0v) is 22.8. The molecular formula is C27H48O4Si. The van der Waals surface area contributed by atoms with Crippen LogP contribution in [0.4, 0.5) is 0 Å². The fraction of sp³-hybridized carbons (Fsp3) is 0.704. The smallest absolute Gasteiger partial charge is 0.200 e. The molecule has 4 nitrogen and oxygen atoms in total. The summed E-state index contributed by atoms with van der Waals surface area (Å²) in [6.07, 6.45) is 3.71. The lowest BCUT2D eigenvalue weighted by molar-refractivity contribution is 0.0279. The monoisotopic (exact) mass is 464 g/mol. The first-order valence-corrected chi connectivity index (χ1v) is 14.4. The number of rotatable bonds is 16. The van der Waals surface area contributed by atoms with Crippen molar-refractivity contribution in [1.82, 2.24) is 0 Å². The van der Waals surface area contributed by atoms with Crippen LogP contribution >= 0.6 is 0 Å². The minimum Gasteiger partial charge on any atom is -0.497 e. The summed E-state index contributed by atoms with van der Waals surface area (Å²) in [5.41, 5.74) is 2.65. The van der Waals surface area contributed by atoms with Gasteiger partial charge in [-0.25, -0.2) is 0 Å². The molecule has 0 spiro atoms. The second-order valence-corrected chi connectivity index (χ2v) is 15.5. The number of ether oxygens (including phenoxy) is 2. The van der Waals surface area contributed by atoms with Gasteiger partial charge in [0.1, 0.15) is 5.75 Å². The van der Waals surface area contributed by atoms with Crippen LogP contribution < -0.4 is 4.74 Å². The Balaban J connectivity index is 2.87. The summed E-state index contributed by atoms with van der Waals surface area (Å²) in [6, 6.07) is 7.97. The van der Waals surface area contributed by atoms with E-state index in [0.717, 1.165) is 24.2 Å². The largest absolute Gasteiger partial charge is 0.497 e. The topological polar surface area (TPSA) is 47.9 Å². The van der Waals surface area contributed by atoms with Crippen molar-refractivity contribution in [2.75, 3.05) is 13.7 Å². The molecule has 32 heavy (non-hydrogen) atoms. The molecule has 0 saturated heterocycles. The van der Waals surface area contributed by atoms with Crippen LogP contribution in [0.25, 0.3) is 0 Å². The molecule has 1 N–H and O–H groups in total. The summed E-state index contributed by atoms with van der Waals surface area (Å²) < 4.78 is 18.3. The maximum absolute atomic E-state index is 10.9. The molecule has 5 heteroatoms. The molecule has 0 aromatic heterocycles. The number of methoxy groups -OCH3 is 1. The van der Waals surface area contributed by atoms with E-state index >= 15 is 0 Å². The molecule has 0 aliphatic carbocycles. The van der Waals surface area contributed by atoms with E-state index in [1.165, 1.54) is 0 Å². The number of aliphatic hydroxyl groups excluding tert-OH is 1. The van der Waals surface area contributed by atoms with Crippen LogP contribution in [0.2, 0.25) is 16.6 Å². The SMILES string of the molecule is C=CC[C@H](C)[C@H](O)C[C@H](CCOCc1ccc(OC)cc1)O[Si](C(C)C)(C(C)C)C(C)C. The van der Waals surface area contributed by atoms with Crippen LogP contribution in [0.5, 0.6) is 5.75 Å². The zero-order valence-electron chi connectivity index (χ0n) is 21.8. The predicted molar refractivity (Wildman–Crippen MR) is 138 cm³/mol. The molecular weight excluding hydrogens is 416 g/mol. The Labute approximate surface area is 198 Å². The molecule has 1 rings (SSSR count). The van der Waals surface area contributed by atoms with Crippen molar-refractivity contribution >= 4 is 8.32 Å². The molecule has 1 aromatic rings. The van der Waals surface area contributed by atoms with Gasteiger partial charge < -0.3 is 19.0 Å². The summed E-state index contributed by atoms with van der Waals surface area (Å²) >= 11 is 0. The quantitative estimate of drug-likeness (QED) is 0.161. The molecule has 0 amide bonds. The Morgan fingerprint density at radius 1 is 0.969 bits per heavy atom. The maximum atomic E-state index is 10.9. The van der Waals surface area contributed by atoms with Crippen molar-refractivity contribution in [1.29, 1.82) is 0 Å². The van der Waals surface area contributed by atoms with Gasteiger partial charge in [-0.1, -0.05) is 66.7 Å². The average Bonchev–Trinajstić information content (AvgIpc) is 2.74. The molecule has 184 valence electrons. The van der Waals surface area contributed by atoms with E-state index in [1.54, 1.807) is 7.11 Å². The van der Waals surface area contributed by atoms with Gasteiger partial charge in [-0.05, 0) is 59.5 Å². The van der Waals surface area contributed by atoms with Crippen LogP contribution in [0.3, 0.4) is 0 Å². The van der Waals surface area contributed by atoms with Crippen molar-refractivity contribution in [3.63, 3.8) is 0 Å². The molecule has 0 bridgehead atoms. The van der Waals surface area contributed by atoms with Gasteiger partial charge in [0, 0.05) is 12.7 Å². The number of aliphatic hydroxyl groups is 1. The van der Waals surface area contributed by atoms with Gasteiger partial charge in [-0.15, -0.1) is 6.58 Å². The molecule has 0 aliphatic heterocycles. The van der Waals surface area contributed by atoms with Crippen molar-refractivity contribution in [3.05, 3.63) is 42.5 Å². The summed E-state index contributed by atoms with van der Waals surface area (Å²) in [5.74, 6) is 1.02. The van der Waals surface area contributed by atoms with E-state index in [0.29, 0.717) is 36.3 Å². The molecule has 1 aromatic carbocycles. The Bertz CT molecular complexity index is 620. The second kappa shape index (κ2) is 14.2. The van der Waals surface area contributed by atoms with Crippen molar-refractivity contribution in [2.24, 2.45) is 5.92 Å². The number of hydrogen-bond acceptors (Lipinski definition) is 4. The van der Waals surface area contributed by atoms with Crippen molar-refractivity contribution in [2.45, 2.75) is 103 Å².